The van der Waals surface area contributed by atoms with Crippen LogP contribution in [0, 0.1) is 0 Å². The van der Waals surface area contributed by atoms with Crippen molar-refractivity contribution in [1.29, 1.82) is 0 Å². The van der Waals surface area contributed by atoms with E-state index in [9.17, 15) is 0 Å². The molecule has 3 nitrogen and oxygen atoms in total. The fourth-order valence-electron chi connectivity index (χ4n) is 7.26. The van der Waals surface area contributed by atoms with Crippen LogP contribution in [-0.2, 0) is 0 Å². The topological polar surface area (TPSA) is 29.5 Å². The lowest BCUT2D eigenvalue weighted by Crippen LogP contribution is -2.11. The third-order valence-electron chi connectivity index (χ3n) is 9.66. The molecule has 0 N–H and O–H groups in total. The highest BCUT2D eigenvalue weighted by atomic mass is 16.3. The Morgan fingerprint density at radius 1 is 0.327 bits per heavy atom. The first-order chi connectivity index (χ1) is 24.3. The number of furan rings is 2. The van der Waals surface area contributed by atoms with E-state index in [2.05, 4.69) is 157 Å². The maximum Gasteiger partial charge on any atom is 0.137 e. The summed E-state index contributed by atoms with van der Waals surface area (Å²) in [5.74, 6) is 0. The van der Waals surface area contributed by atoms with E-state index in [0.29, 0.717) is 0 Å². The number of nitrogens with zero attached hydrogens (tertiary/aromatic N) is 1. The van der Waals surface area contributed by atoms with E-state index < -0.39 is 0 Å². The third-order valence-corrected chi connectivity index (χ3v) is 9.66. The van der Waals surface area contributed by atoms with Gasteiger partial charge in [-0.3, -0.25) is 0 Å². The largest absolute Gasteiger partial charge is 0.456 e. The number of hydrogen-bond donors (Lipinski definition) is 0. The zero-order chi connectivity index (χ0) is 32.3. The second-order valence-corrected chi connectivity index (χ2v) is 12.5. The average Bonchev–Trinajstić information content (AvgIpc) is 3.73. The van der Waals surface area contributed by atoms with Gasteiger partial charge in [0.25, 0.3) is 0 Å². The molecule has 0 bridgehead atoms. The molecule has 0 amide bonds. The fourth-order valence-corrected chi connectivity index (χ4v) is 7.26. The molecule has 0 aliphatic heterocycles. The first-order valence-corrected chi connectivity index (χ1v) is 16.6. The molecule has 10 rings (SSSR count). The van der Waals surface area contributed by atoms with Crippen LogP contribution in [-0.4, -0.2) is 0 Å². The van der Waals surface area contributed by atoms with Crippen molar-refractivity contribution in [3.05, 3.63) is 176 Å². The summed E-state index contributed by atoms with van der Waals surface area (Å²) in [5, 5.41) is 6.94. The predicted molar refractivity (Wildman–Crippen MR) is 204 cm³/mol. The number of anilines is 3. The van der Waals surface area contributed by atoms with E-state index in [1.807, 2.05) is 24.3 Å². The van der Waals surface area contributed by atoms with Gasteiger partial charge in [0.15, 0.2) is 0 Å². The van der Waals surface area contributed by atoms with Crippen molar-refractivity contribution < 1.29 is 8.83 Å². The Balaban J connectivity index is 1.15. The van der Waals surface area contributed by atoms with E-state index in [1.165, 1.54) is 21.9 Å². The van der Waals surface area contributed by atoms with Gasteiger partial charge in [0, 0.05) is 44.5 Å². The molecule has 0 radical (unpaired) electrons. The Labute approximate surface area is 282 Å². The Morgan fingerprint density at radius 2 is 0.918 bits per heavy atom. The quantitative estimate of drug-likeness (QED) is 0.190. The van der Waals surface area contributed by atoms with Crippen molar-refractivity contribution in [1.82, 2.24) is 0 Å². The highest BCUT2D eigenvalue weighted by Gasteiger charge is 2.20. The molecule has 0 aliphatic carbocycles. The second kappa shape index (κ2) is 11.0. The van der Waals surface area contributed by atoms with Crippen molar-refractivity contribution in [3.63, 3.8) is 0 Å². The Kier molecular flexibility index (Phi) is 6.18. The molecule has 49 heavy (non-hydrogen) atoms. The standard InChI is InChI=1S/C46H29NO2/c1-2-10-32-27-33(18-17-30(32)9-1)31-19-22-35(23-20-31)47(36-24-25-40-38-12-4-7-15-43(38)49-46(40)29-36)42-14-6-3-11-37(42)34-21-26-45-41(28-34)39-13-5-8-16-44(39)48-45/h1-29H. The molecule has 0 saturated carbocycles. The summed E-state index contributed by atoms with van der Waals surface area (Å²) >= 11 is 0. The summed E-state index contributed by atoms with van der Waals surface area (Å²) in [6, 6.07) is 62.2. The predicted octanol–water partition coefficient (Wildman–Crippen LogP) is 13.4. The minimum absolute atomic E-state index is 0.861. The van der Waals surface area contributed by atoms with Crippen LogP contribution in [0.15, 0.2) is 185 Å². The van der Waals surface area contributed by atoms with Crippen molar-refractivity contribution in [3.8, 4) is 22.3 Å². The summed E-state index contributed by atoms with van der Waals surface area (Å²) < 4.78 is 12.6. The minimum Gasteiger partial charge on any atom is -0.456 e. The van der Waals surface area contributed by atoms with Crippen LogP contribution in [0.1, 0.15) is 0 Å². The van der Waals surface area contributed by atoms with Crippen molar-refractivity contribution in [2.45, 2.75) is 0 Å². The maximum absolute atomic E-state index is 6.39. The van der Waals surface area contributed by atoms with Crippen molar-refractivity contribution >= 4 is 71.7 Å². The molecule has 8 aromatic carbocycles. The van der Waals surface area contributed by atoms with Crippen LogP contribution < -0.4 is 4.90 Å². The van der Waals surface area contributed by atoms with Crippen molar-refractivity contribution in [2.24, 2.45) is 0 Å². The Morgan fingerprint density at radius 3 is 1.76 bits per heavy atom. The highest BCUT2D eigenvalue weighted by Crippen LogP contribution is 2.44. The van der Waals surface area contributed by atoms with Crippen molar-refractivity contribution in [2.75, 3.05) is 4.90 Å². The molecule has 0 fully saturated rings. The van der Waals surface area contributed by atoms with E-state index in [4.69, 9.17) is 8.83 Å². The van der Waals surface area contributed by atoms with E-state index in [-0.39, 0.29) is 0 Å². The van der Waals surface area contributed by atoms with Crippen LogP contribution in [0.3, 0.4) is 0 Å². The smallest absolute Gasteiger partial charge is 0.137 e. The summed E-state index contributed by atoms with van der Waals surface area (Å²) in [5.41, 5.74) is 11.3. The lowest BCUT2D eigenvalue weighted by molar-refractivity contribution is 0.668. The highest BCUT2D eigenvalue weighted by molar-refractivity contribution is 6.08. The summed E-state index contributed by atoms with van der Waals surface area (Å²) in [6.45, 7) is 0. The molecule has 2 aromatic heterocycles. The van der Waals surface area contributed by atoms with Gasteiger partial charge in [0.05, 0.1) is 5.69 Å². The first kappa shape index (κ1) is 27.5. The zero-order valence-electron chi connectivity index (χ0n) is 26.5. The number of benzene rings is 8. The first-order valence-electron chi connectivity index (χ1n) is 16.6. The normalized spacial score (nSPS) is 11.7. The Bertz CT molecular complexity index is 2840. The van der Waals surface area contributed by atoms with Gasteiger partial charge in [0.2, 0.25) is 0 Å². The zero-order valence-corrected chi connectivity index (χ0v) is 26.5. The second-order valence-electron chi connectivity index (χ2n) is 12.5. The summed E-state index contributed by atoms with van der Waals surface area (Å²) in [7, 11) is 0. The SMILES string of the molecule is c1ccc(N(c2ccc(-c3ccc4ccccc4c3)cc2)c2ccc3c(c2)oc2ccccc23)c(-c2ccc3oc4ccccc4c3c2)c1. The van der Waals surface area contributed by atoms with Gasteiger partial charge in [-0.1, -0.05) is 109 Å². The maximum atomic E-state index is 6.39. The van der Waals surface area contributed by atoms with Crippen LogP contribution in [0.2, 0.25) is 0 Å². The molecule has 230 valence electrons. The molecule has 2 heterocycles. The molecule has 0 unspecified atom stereocenters. The van der Waals surface area contributed by atoms with E-state index in [0.717, 1.165) is 72.1 Å². The molecule has 0 spiro atoms. The minimum atomic E-state index is 0.861. The number of para-hydroxylation sites is 3. The van der Waals surface area contributed by atoms with Gasteiger partial charge in [-0.15, -0.1) is 0 Å². The summed E-state index contributed by atoms with van der Waals surface area (Å²) in [6.07, 6.45) is 0. The Hall–Kier alpha value is -6.58. The monoisotopic (exact) mass is 627 g/mol. The average molecular weight is 628 g/mol. The molecule has 0 saturated heterocycles. The van der Waals surface area contributed by atoms with Gasteiger partial charge in [-0.2, -0.15) is 0 Å². The lowest BCUT2D eigenvalue weighted by atomic mass is 9.98. The van der Waals surface area contributed by atoms with Gasteiger partial charge < -0.3 is 13.7 Å². The van der Waals surface area contributed by atoms with Gasteiger partial charge in [-0.25, -0.2) is 0 Å². The van der Waals surface area contributed by atoms with Gasteiger partial charge in [0.1, 0.15) is 22.3 Å². The van der Waals surface area contributed by atoms with Crippen LogP contribution in [0.25, 0.3) is 76.9 Å². The molecule has 0 aliphatic rings. The third kappa shape index (κ3) is 4.59. The number of hydrogen-bond acceptors (Lipinski definition) is 3. The van der Waals surface area contributed by atoms with Crippen LogP contribution in [0.4, 0.5) is 17.1 Å². The number of fused-ring (bicyclic) bond motifs is 7. The van der Waals surface area contributed by atoms with Crippen LogP contribution in [0.5, 0.6) is 0 Å². The van der Waals surface area contributed by atoms with Crippen LogP contribution >= 0.6 is 0 Å². The molecular weight excluding hydrogens is 599 g/mol. The fraction of sp³-hybridized carbons (Fsp3) is 0. The van der Waals surface area contributed by atoms with Gasteiger partial charge in [-0.05, 0) is 88.1 Å². The van der Waals surface area contributed by atoms with E-state index >= 15 is 0 Å². The lowest BCUT2D eigenvalue weighted by Gasteiger charge is -2.28. The molecule has 3 heteroatoms. The van der Waals surface area contributed by atoms with Gasteiger partial charge >= 0.3 is 0 Å². The number of rotatable bonds is 5. The molecule has 0 atom stereocenters. The summed E-state index contributed by atoms with van der Waals surface area (Å²) in [4.78, 5) is 2.34. The molecule has 10 aromatic rings. The van der Waals surface area contributed by atoms with E-state index in [1.54, 1.807) is 0 Å². The molecular formula is C46H29NO2.